The number of aromatic nitrogens is 6. The van der Waals surface area contributed by atoms with Crippen molar-refractivity contribution >= 4 is 23.4 Å². The Morgan fingerprint density at radius 1 is 1.17 bits per heavy atom. The number of pyridine rings is 1. The average Bonchev–Trinajstić information content (AvgIpc) is 3.31. The van der Waals surface area contributed by atoms with Crippen LogP contribution in [-0.4, -0.2) is 29.9 Å². The van der Waals surface area contributed by atoms with Crippen molar-refractivity contribution in [3.8, 4) is 23.0 Å². The van der Waals surface area contributed by atoms with E-state index in [0.29, 0.717) is 17.0 Å². The summed E-state index contributed by atoms with van der Waals surface area (Å²) in [6.45, 7) is 1.93. The minimum atomic E-state index is -0.469. The van der Waals surface area contributed by atoms with Gasteiger partial charge in [0.15, 0.2) is 11.0 Å². The average molecular weight is 443 g/mol. The molecule has 0 spiro atoms. The van der Waals surface area contributed by atoms with Crippen LogP contribution in [-0.2, 0) is 0 Å². The zero-order chi connectivity index (χ0) is 20.7. The van der Waals surface area contributed by atoms with Crippen molar-refractivity contribution in [1.29, 1.82) is 0 Å². The molecule has 4 aromatic rings. The molecule has 0 bridgehead atoms. The molecule has 1 aliphatic rings. The van der Waals surface area contributed by atoms with E-state index in [1.54, 1.807) is 6.20 Å². The quantitative estimate of drug-likeness (QED) is 0.371. The fourth-order valence-corrected chi connectivity index (χ4v) is 4.19. The highest BCUT2D eigenvalue weighted by Gasteiger charge is 2.32. The van der Waals surface area contributed by atoms with Gasteiger partial charge in [-0.2, -0.15) is 0 Å². The second-order valence-electron chi connectivity index (χ2n) is 6.95. The molecule has 10 heteroatoms. The van der Waals surface area contributed by atoms with Crippen LogP contribution in [0.4, 0.5) is 4.39 Å². The summed E-state index contributed by atoms with van der Waals surface area (Å²) in [5.41, 5.74) is 0.963. The molecule has 152 valence electrons. The molecule has 1 fully saturated rings. The molecule has 1 aromatic carbocycles. The van der Waals surface area contributed by atoms with Crippen molar-refractivity contribution in [2.24, 2.45) is 0 Å². The molecule has 1 aliphatic carbocycles. The van der Waals surface area contributed by atoms with Gasteiger partial charge >= 0.3 is 0 Å². The van der Waals surface area contributed by atoms with Gasteiger partial charge in [-0.1, -0.05) is 29.4 Å². The van der Waals surface area contributed by atoms with Gasteiger partial charge < -0.3 is 4.42 Å². The molecule has 3 heterocycles. The Balaban J connectivity index is 1.41. The molecule has 1 atom stereocenters. The maximum absolute atomic E-state index is 14.1. The lowest BCUT2D eigenvalue weighted by atomic mass is 10.2. The summed E-state index contributed by atoms with van der Waals surface area (Å²) in [5, 5.41) is 17.8. The minimum Gasteiger partial charge on any atom is -0.419 e. The molecule has 7 nitrogen and oxygen atoms in total. The molecule has 1 unspecified atom stereocenters. The number of halogens is 2. The van der Waals surface area contributed by atoms with E-state index < -0.39 is 5.82 Å². The van der Waals surface area contributed by atoms with Gasteiger partial charge in [-0.3, -0.25) is 9.55 Å². The summed E-state index contributed by atoms with van der Waals surface area (Å²) < 4.78 is 22.0. The largest absolute Gasteiger partial charge is 0.419 e. The van der Waals surface area contributed by atoms with Crippen molar-refractivity contribution in [2.45, 2.75) is 36.2 Å². The zero-order valence-electron chi connectivity index (χ0n) is 15.9. The predicted octanol–water partition coefficient (Wildman–Crippen LogP) is 5.37. The van der Waals surface area contributed by atoms with Gasteiger partial charge in [0.05, 0.1) is 10.8 Å². The van der Waals surface area contributed by atoms with Gasteiger partial charge in [-0.15, -0.1) is 20.4 Å². The number of nitrogens with zero attached hydrogens (tertiary/aromatic N) is 6. The van der Waals surface area contributed by atoms with Crippen LogP contribution >= 0.6 is 23.4 Å². The van der Waals surface area contributed by atoms with Gasteiger partial charge in [-0.05, 0) is 50.1 Å². The lowest BCUT2D eigenvalue weighted by molar-refractivity contribution is 0.504. The summed E-state index contributed by atoms with van der Waals surface area (Å²) >= 11 is 7.43. The van der Waals surface area contributed by atoms with Crippen molar-refractivity contribution < 1.29 is 8.81 Å². The monoisotopic (exact) mass is 442 g/mol. The van der Waals surface area contributed by atoms with Crippen LogP contribution in [0.5, 0.6) is 0 Å². The fourth-order valence-electron chi connectivity index (χ4n) is 3.07. The second-order valence-corrected chi connectivity index (χ2v) is 8.70. The van der Waals surface area contributed by atoms with Crippen LogP contribution in [0, 0.1) is 5.82 Å². The van der Waals surface area contributed by atoms with Crippen LogP contribution in [0.1, 0.15) is 36.9 Å². The molecular weight excluding hydrogens is 427 g/mol. The summed E-state index contributed by atoms with van der Waals surface area (Å²) in [7, 11) is 0. The van der Waals surface area contributed by atoms with E-state index in [9.17, 15) is 4.39 Å². The van der Waals surface area contributed by atoms with Gasteiger partial charge in [0, 0.05) is 17.3 Å². The first-order valence-corrected chi connectivity index (χ1v) is 10.7. The molecule has 30 heavy (non-hydrogen) atoms. The number of benzene rings is 1. The van der Waals surface area contributed by atoms with Crippen molar-refractivity contribution in [1.82, 2.24) is 29.9 Å². The molecule has 0 saturated heterocycles. The molecule has 1 saturated carbocycles. The van der Waals surface area contributed by atoms with E-state index in [1.807, 2.05) is 25.1 Å². The highest BCUT2D eigenvalue weighted by Crippen LogP contribution is 2.43. The van der Waals surface area contributed by atoms with Crippen LogP contribution in [0.15, 0.2) is 52.2 Å². The van der Waals surface area contributed by atoms with Gasteiger partial charge in [0.2, 0.25) is 5.89 Å². The Morgan fingerprint density at radius 2 is 2.03 bits per heavy atom. The molecule has 0 N–H and O–H groups in total. The normalized spacial score (nSPS) is 14.8. The molecular formula is C20H16ClFN6OS. The van der Waals surface area contributed by atoms with E-state index in [0.717, 1.165) is 29.5 Å². The van der Waals surface area contributed by atoms with E-state index >= 15 is 0 Å². The lowest BCUT2D eigenvalue weighted by Crippen LogP contribution is -2.01. The van der Waals surface area contributed by atoms with Crippen molar-refractivity contribution in [3.63, 3.8) is 0 Å². The molecule has 0 aliphatic heterocycles. The van der Waals surface area contributed by atoms with E-state index in [-0.39, 0.29) is 16.7 Å². The molecule has 0 radical (unpaired) electrons. The third-order valence-electron chi connectivity index (χ3n) is 4.70. The Hall–Kier alpha value is -2.78. The van der Waals surface area contributed by atoms with Crippen molar-refractivity contribution in [3.05, 3.63) is 59.3 Å². The highest BCUT2D eigenvalue weighted by atomic mass is 35.5. The zero-order valence-corrected chi connectivity index (χ0v) is 17.4. The summed E-state index contributed by atoms with van der Waals surface area (Å²) in [4.78, 5) is 4.40. The smallest absolute Gasteiger partial charge is 0.250 e. The Labute approximate surface area is 180 Å². The number of hydrogen-bond donors (Lipinski definition) is 0. The Morgan fingerprint density at radius 3 is 2.80 bits per heavy atom. The first-order valence-electron chi connectivity index (χ1n) is 9.42. The Bertz CT molecular complexity index is 1190. The second kappa shape index (κ2) is 7.81. The van der Waals surface area contributed by atoms with Gasteiger partial charge in [0.1, 0.15) is 11.5 Å². The van der Waals surface area contributed by atoms with Gasteiger partial charge in [-0.25, -0.2) is 4.39 Å². The van der Waals surface area contributed by atoms with Crippen LogP contribution in [0.3, 0.4) is 0 Å². The predicted molar refractivity (Wildman–Crippen MR) is 110 cm³/mol. The third-order valence-corrected chi connectivity index (χ3v) is 5.98. The minimum absolute atomic E-state index is 0.0929. The maximum atomic E-state index is 14.1. The first kappa shape index (κ1) is 19.2. The number of thioether (sulfide) groups is 1. The highest BCUT2D eigenvalue weighted by molar-refractivity contribution is 7.99. The van der Waals surface area contributed by atoms with Crippen LogP contribution < -0.4 is 0 Å². The summed E-state index contributed by atoms with van der Waals surface area (Å²) in [6.07, 6.45) is 3.91. The molecule has 0 amide bonds. The maximum Gasteiger partial charge on any atom is 0.250 e. The summed E-state index contributed by atoms with van der Waals surface area (Å²) in [6, 6.07) is 10.3. The van der Waals surface area contributed by atoms with Crippen LogP contribution in [0.2, 0.25) is 5.02 Å². The van der Waals surface area contributed by atoms with Crippen molar-refractivity contribution in [2.75, 3.05) is 0 Å². The van der Waals surface area contributed by atoms with Crippen LogP contribution in [0.25, 0.3) is 23.0 Å². The topological polar surface area (TPSA) is 82.5 Å². The fraction of sp³-hybridized carbons (Fsp3) is 0.250. The number of rotatable bonds is 6. The Kier molecular flexibility index (Phi) is 5.00. The third kappa shape index (κ3) is 3.70. The molecule has 5 rings (SSSR count). The first-order chi connectivity index (χ1) is 14.6. The van der Waals surface area contributed by atoms with E-state index in [2.05, 4.69) is 29.9 Å². The van der Waals surface area contributed by atoms with E-state index in [4.69, 9.17) is 16.0 Å². The standard InChI is InChI=1S/C20H16ClFN6OS/c1-11(18-25-26-19(29-18)14-10-12(21)5-8-15(14)22)30-20-27-24-17(28(20)13-6-7-13)16-4-2-3-9-23-16/h2-5,8-11,13H,6-7H2,1H3. The SMILES string of the molecule is CC(Sc1nnc(-c2ccccn2)n1C1CC1)c1nnc(-c2cc(Cl)ccc2F)o1. The van der Waals surface area contributed by atoms with Gasteiger partial charge in [0.25, 0.3) is 5.89 Å². The van der Waals surface area contributed by atoms with E-state index in [1.165, 1.54) is 30.0 Å². The lowest BCUT2D eigenvalue weighted by Gasteiger charge is -2.10. The summed E-state index contributed by atoms with van der Waals surface area (Å²) in [5.74, 6) is 0.748. The number of hydrogen-bond acceptors (Lipinski definition) is 7. The molecule has 3 aromatic heterocycles.